The second kappa shape index (κ2) is 4.36. The van der Waals surface area contributed by atoms with Crippen LogP contribution in [0.4, 0.5) is 8.78 Å². The van der Waals surface area contributed by atoms with Gasteiger partial charge in [-0.05, 0) is 12.1 Å². The number of nitrogens with zero attached hydrogens (tertiary/aromatic N) is 3. The van der Waals surface area contributed by atoms with Crippen LogP contribution < -0.4 is 5.73 Å². The van der Waals surface area contributed by atoms with Crippen LogP contribution in [0.5, 0.6) is 0 Å². The standard InChI is InChI=1S/C10H10F2N4/c11-7-1-2-8(9(12)5-7)10-6-16(4-3-13)15-14-10/h1-2,5-6H,3-4,13H2. The molecule has 0 radical (unpaired) electrons. The molecule has 0 unspecified atom stereocenters. The molecule has 16 heavy (non-hydrogen) atoms. The summed E-state index contributed by atoms with van der Waals surface area (Å²) in [6, 6.07) is 3.33. The van der Waals surface area contributed by atoms with E-state index in [-0.39, 0.29) is 5.56 Å². The molecule has 2 aromatic rings. The highest BCUT2D eigenvalue weighted by Crippen LogP contribution is 2.20. The molecule has 0 bridgehead atoms. The van der Waals surface area contributed by atoms with Crippen LogP contribution in [0.25, 0.3) is 11.3 Å². The molecule has 0 fully saturated rings. The van der Waals surface area contributed by atoms with Crippen molar-refractivity contribution in [2.75, 3.05) is 6.54 Å². The summed E-state index contributed by atoms with van der Waals surface area (Å²) >= 11 is 0. The van der Waals surface area contributed by atoms with Gasteiger partial charge in [-0.25, -0.2) is 8.78 Å². The third-order valence-corrected chi connectivity index (χ3v) is 2.10. The molecule has 0 amide bonds. The summed E-state index contributed by atoms with van der Waals surface area (Å²) in [5.74, 6) is -1.27. The van der Waals surface area contributed by atoms with Crippen LogP contribution in [-0.4, -0.2) is 21.5 Å². The summed E-state index contributed by atoms with van der Waals surface area (Å²) in [7, 11) is 0. The predicted molar refractivity (Wildman–Crippen MR) is 54.4 cm³/mol. The van der Waals surface area contributed by atoms with Gasteiger partial charge in [-0.3, -0.25) is 4.68 Å². The molecule has 0 saturated heterocycles. The van der Waals surface area contributed by atoms with Gasteiger partial charge < -0.3 is 5.73 Å². The van der Waals surface area contributed by atoms with Gasteiger partial charge in [-0.15, -0.1) is 5.10 Å². The minimum atomic E-state index is -0.653. The molecule has 0 aliphatic carbocycles. The van der Waals surface area contributed by atoms with Crippen LogP contribution in [-0.2, 0) is 6.54 Å². The molecule has 0 aliphatic rings. The van der Waals surface area contributed by atoms with Crippen LogP contribution >= 0.6 is 0 Å². The third-order valence-electron chi connectivity index (χ3n) is 2.10. The molecule has 0 saturated carbocycles. The van der Waals surface area contributed by atoms with E-state index >= 15 is 0 Å². The molecule has 6 heteroatoms. The average molecular weight is 224 g/mol. The molecular weight excluding hydrogens is 214 g/mol. The van der Waals surface area contributed by atoms with Crippen LogP contribution in [0, 0.1) is 11.6 Å². The summed E-state index contributed by atoms with van der Waals surface area (Å²) in [6.45, 7) is 0.935. The van der Waals surface area contributed by atoms with Gasteiger partial charge in [0, 0.05) is 18.2 Å². The van der Waals surface area contributed by atoms with E-state index in [1.54, 1.807) is 6.20 Å². The SMILES string of the molecule is NCCn1cc(-c2ccc(F)cc2F)nn1. The first-order valence-corrected chi connectivity index (χ1v) is 4.76. The predicted octanol–water partition coefficient (Wildman–Crippen LogP) is 1.18. The average Bonchev–Trinajstić information content (AvgIpc) is 2.67. The number of hydrogen-bond acceptors (Lipinski definition) is 3. The quantitative estimate of drug-likeness (QED) is 0.851. The summed E-state index contributed by atoms with van der Waals surface area (Å²) in [5.41, 5.74) is 5.94. The maximum absolute atomic E-state index is 13.4. The summed E-state index contributed by atoms with van der Waals surface area (Å²) in [5, 5.41) is 7.56. The summed E-state index contributed by atoms with van der Waals surface area (Å²) in [4.78, 5) is 0. The molecule has 1 aromatic carbocycles. The van der Waals surface area contributed by atoms with Crippen molar-refractivity contribution in [1.29, 1.82) is 0 Å². The Kier molecular flexibility index (Phi) is 2.91. The molecule has 1 aromatic heterocycles. The Morgan fingerprint density at radius 1 is 1.31 bits per heavy atom. The number of benzene rings is 1. The van der Waals surface area contributed by atoms with Crippen molar-refractivity contribution in [3.8, 4) is 11.3 Å². The molecule has 0 spiro atoms. The Morgan fingerprint density at radius 3 is 2.81 bits per heavy atom. The Morgan fingerprint density at radius 2 is 2.12 bits per heavy atom. The van der Waals surface area contributed by atoms with E-state index in [4.69, 9.17) is 5.73 Å². The van der Waals surface area contributed by atoms with Gasteiger partial charge in [0.15, 0.2) is 0 Å². The molecular formula is C10H10F2N4. The molecule has 84 valence electrons. The zero-order valence-electron chi connectivity index (χ0n) is 8.40. The second-order valence-electron chi connectivity index (χ2n) is 3.28. The van der Waals surface area contributed by atoms with Gasteiger partial charge >= 0.3 is 0 Å². The van der Waals surface area contributed by atoms with Crippen molar-refractivity contribution < 1.29 is 8.78 Å². The van der Waals surface area contributed by atoms with Gasteiger partial charge in [0.05, 0.1) is 12.7 Å². The molecule has 2 rings (SSSR count). The van der Waals surface area contributed by atoms with Crippen molar-refractivity contribution >= 4 is 0 Å². The molecule has 4 nitrogen and oxygen atoms in total. The zero-order valence-corrected chi connectivity index (χ0v) is 8.40. The Labute approximate surface area is 90.7 Å². The minimum absolute atomic E-state index is 0.227. The van der Waals surface area contributed by atoms with Crippen LogP contribution in [0.3, 0.4) is 0 Å². The number of nitrogens with two attached hydrogens (primary N) is 1. The van der Waals surface area contributed by atoms with E-state index in [0.29, 0.717) is 18.8 Å². The van der Waals surface area contributed by atoms with E-state index in [2.05, 4.69) is 10.3 Å². The largest absolute Gasteiger partial charge is 0.329 e. The minimum Gasteiger partial charge on any atom is -0.329 e. The normalized spacial score (nSPS) is 10.7. The highest BCUT2D eigenvalue weighted by molar-refractivity contribution is 5.58. The number of halogens is 2. The lowest BCUT2D eigenvalue weighted by Crippen LogP contribution is -2.10. The molecule has 1 heterocycles. The van der Waals surface area contributed by atoms with Crippen molar-refractivity contribution in [2.45, 2.75) is 6.54 Å². The van der Waals surface area contributed by atoms with Gasteiger partial charge in [0.1, 0.15) is 17.3 Å². The van der Waals surface area contributed by atoms with Gasteiger partial charge in [-0.2, -0.15) is 0 Å². The molecule has 0 aliphatic heterocycles. The maximum Gasteiger partial charge on any atom is 0.135 e. The lowest BCUT2D eigenvalue weighted by atomic mass is 10.1. The number of rotatable bonds is 3. The number of hydrogen-bond donors (Lipinski definition) is 1. The second-order valence-corrected chi connectivity index (χ2v) is 3.28. The summed E-state index contributed by atoms with van der Waals surface area (Å²) < 4.78 is 27.6. The van der Waals surface area contributed by atoms with E-state index in [0.717, 1.165) is 6.07 Å². The van der Waals surface area contributed by atoms with Crippen LogP contribution in [0.1, 0.15) is 0 Å². The zero-order chi connectivity index (χ0) is 11.5. The van der Waals surface area contributed by atoms with E-state index < -0.39 is 11.6 Å². The topological polar surface area (TPSA) is 56.7 Å². The third kappa shape index (κ3) is 2.06. The van der Waals surface area contributed by atoms with Gasteiger partial charge in [-0.1, -0.05) is 5.21 Å². The molecule has 2 N–H and O–H groups in total. The lowest BCUT2D eigenvalue weighted by molar-refractivity contribution is 0.585. The van der Waals surface area contributed by atoms with E-state index in [1.165, 1.54) is 16.8 Å². The Balaban J connectivity index is 2.35. The van der Waals surface area contributed by atoms with Crippen molar-refractivity contribution in [3.05, 3.63) is 36.0 Å². The highest BCUT2D eigenvalue weighted by Gasteiger charge is 2.09. The Bertz CT molecular complexity index is 495. The van der Waals surface area contributed by atoms with Gasteiger partial charge in [0.2, 0.25) is 0 Å². The fraction of sp³-hybridized carbons (Fsp3) is 0.200. The number of aromatic nitrogens is 3. The van der Waals surface area contributed by atoms with E-state index in [1.807, 2.05) is 0 Å². The maximum atomic E-state index is 13.4. The van der Waals surface area contributed by atoms with E-state index in [9.17, 15) is 8.78 Å². The van der Waals surface area contributed by atoms with Crippen molar-refractivity contribution in [1.82, 2.24) is 15.0 Å². The summed E-state index contributed by atoms with van der Waals surface area (Å²) in [6.07, 6.45) is 1.57. The first-order valence-electron chi connectivity index (χ1n) is 4.76. The van der Waals surface area contributed by atoms with Crippen LogP contribution in [0.15, 0.2) is 24.4 Å². The first kappa shape index (κ1) is 10.7. The van der Waals surface area contributed by atoms with Gasteiger partial charge in [0.25, 0.3) is 0 Å². The Hall–Kier alpha value is -1.82. The smallest absolute Gasteiger partial charge is 0.135 e. The lowest BCUT2D eigenvalue weighted by Gasteiger charge is -1.98. The van der Waals surface area contributed by atoms with Crippen molar-refractivity contribution in [3.63, 3.8) is 0 Å². The highest BCUT2D eigenvalue weighted by atomic mass is 19.1. The first-order chi connectivity index (χ1) is 7.70. The van der Waals surface area contributed by atoms with Crippen molar-refractivity contribution in [2.24, 2.45) is 5.73 Å². The fourth-order valence-corrected chi connectivity index (χ4v) is 1.36. The molecule has 0 atom stereocenters. The van der Waals surface area contributed by atoms with Crippen LogP contribution in [0.2, 0.25) is 0 Å². The fourth-order valence-electron chi connectivity index (χ4n) is 1.36. The monoisotopic (exact) mass is 224 g/mol.